The van der Waals surface area contributed by atoms with Crippen LogP contribution in [-0.2, 0) is 11.3 Å². The molecule has 0 atom stereocenters. The van der Waals surface area contributed by atoms with Crippen molar-refractivity contribution in [3.8, 4) is 10.7 Å². The number of rotatable bonds is 5. The largest absolute Gasteiger partial charge is 0.379 e. The van der Waals surface area contributed by atoms with Crippen LogP contribution in [0.5, 0.6) is 0 Å². The number of H-pyrrole nitrogens is 1. The van der Waals surface area contributed by atoms with E-state index >= 15 is 0 Å². The molecule has 1 aliphatic heterocycles. The molecule has 1 aliphatic carbocycles. The van der Waals surface area contributed by atoms with Crippen LogP contribution in [0.3, 0.4) is 0 Å². The third-order valence-corrected chi connectivity index (χ3v) is 5.39. The lowest BCUT2D eigenvalue weighted by atomic mass is 10.1. The Morgan fingerprint density at radius 1 is 1.29 bits per heavy atom. The minimum absolute atomic E-state index is 0.206. The fourth-order valence-corrected chi connectivity index (χ4v) is 3.90. The fraction of sp³-hybridized carbons (Fsp3) is 0.409. The van der Waals surface area contributed by atoms with Crippen molar-refractivity contribution in [2.75, 3.05) is 26.3 Å². The summed E-state index contributed by atoms with van der Waals surface area (Å²) in [7, 11) is 0. The second-order valence-electron chi connectivity index (χ2n) is 7.25. The summed E-state index contributed by atoms with van der Waals surface area (Å²) < 4.78 is 19.0. The quantitative estimate of drug-likeness (QED) is 0.723. The van der Waals surface area contributed by atoms with Gasteiger partial charge in [-0.3, -0.25) is 9.69 Å². The number of aromatic nitrogens is 3. The number of nitrogens with zero attached hydrogens (tertiary/aromatic N) is 3. The molecule has 3 N–H and O–H groups in total. The number of carbonyl (C=O) groups excluding carboxylic acids is 1. The number of hydrogen-bond donors (Lipinski definition) is 2. The summed E-state index contributed by atoms with van der Waals surface area (Å²) >= 11 is 1.32. The number of aromatic amines is 1. The first-order valence-corrected chi connectivity index (χ1v) is 11.3. The Labute approximate surface area is 185 Å². The lowest BCUT2D eigenvalue weighted by molar-refractivity contribution is 0.0332. The van der Waals surface area contributed by atoms with Gasteiger partial charge in [0.2, 0.25) is 0 Å². The van der Waals surface area contributed by atoms with E-state index in [2.05, 4.69) is 28.7 Å². The van der Waals surface area contributed by atoms with Gasteiger partial charge in [-0.2, -0.15) is 0 Å². The molecule has 1 saturated heterocycles. The molecule has 0 spiro atoms. The number of imidazole rings is 1. The van der Waals surface area contributed by atoms with Gasteiger partial charge in [0, 0.05) is 30.5 Å². The molecule has 3 heterocycles. The van der Waals surface area contributed by atoms with Crippen molar-refractivity contribution < 1.29 is 13.9 Å². The normalized spacial score (nSPS) is 16.7. The molecule has 2 aromatic heterocycles. The maximum absolute atomic E-state index is 13.6. The van der Waals surface area contributed by atoms with Crippen molar-refractivity contribution >= 4 is 22.8 Å². The molecule has 7 nitrogen and oxygen atoms in total. The van der Waals surface area contributed by atoms with E-state index in [4.69, 9.17) is 15.5 Å². The number of hydrogen-bond acceptors (Lipinski definition) is 6. The van der Waals surface area contributed by atoms with Crippen molar-refractivity contribution in [2.24, 2.45) is 5.73 Å². The summed E-state index contributed by atoms with van der Waals surface area (Å²) in [5, 5.41) is 2.24. The van der Waals surface area contributed by atoms with Crippen molar-refractivity contribution in [3.63, 3.8) is 0 Å². The van der Waals surface area contributed by atoms with Crippen LogP contribution in [0, 0.1) is 0 Å². The van der Waals surface area contributed by atoms with Crippen LogP contribution in [0.2, 0.25) is 0 Å². The minimum Gasteiger partial charge on any atom is -0.379 e. The van der Waals surface area contributed by atoms with Gasteiger partial charge >= 0.3 is 0 Å². The lowest BCUT2D eigenvalue weighted by Crippen LogP contribution is -2.35. The van der Waals surface area contributed by atoms with Gasteiger partial charge < -0.3 is 15.5 Å². The SMILES string of the molecule is CCC.NC(=O)c1csc(-c2[nH]c(CN3CCOCC3)nc2C2=CC=C(F)CC=C2)n1. The average molecular weight is 446 g/mol. The molecule has 2 aromatic rings. The smallest absolute Gasteiger partial charge is 0.268 e. The molecule has 1 fully saturated rings. The van der Waals surface area contributed by atoms with Crippen LogP contribution >= 0.6 is 11.3 Å². The Balaban J connectivity index is 0.000000858. The number of halogens is 1. The summed E-state index contributed by atoms with van der Waals surface area (Å²) in [5.74, 6) is 0.00329. The molecule has 4 rings (SSSR count). The number of nitrogens with two attached hydrogens (primary N) is 1. The van der Waals surface area contributed by atoms with E-state index in [1.165, 1.54) is 23.8 Å². The highest BCUT2D eigenvalue weighted by molar-refractivity contribution is 7.13. The lowest BCUT2D eigenvalue weighted by Gasteiger charge is -2.25. The fourth-order valence-electron chi connectivity index (χ4n) is 3.09. The van der Waals surface area contributed by atoms with E-state index < -0.39 is 5.91 Å². The Hall–Kier alpha value is -2.62. The van der Waals surface area contributed by atoms with Gasteiger partial charge in [0.1, 0.15) is 28.0 Å². The molecule has 31 heavy (non-hydrogen) atoms. The first kappa shape index (κ1) is 23.1. The van der Waals surface area contributed by atoms with Crippen LogP contribution in [0.25, 0.3) is 16.3 Å². The van der Waals surface area contributed by atoms with Gasteiger partial charge in [-0.05, 0) is 6.08 Å². The molecule has 0 unspecified atom stereocenters. The van der Waals surface area contributed by atoms with Crippen LogP contribution in [0.1, 0.15) is 48.7 Å². The highest BCUT2D eigenvalue weighted by atomic mass is 32.1. The van der Waals surface area contributed by atoms with Crippen LogP contribution < -0.4 is 5.73 Å². The molecule has 0 bridgehead atoms. The number of primary amides is 1. The first-order valence-electron chi connectivity index (χ1n) is 10.4. The zero-order chi connectivity index (χ0) is 22.2. The number of carbonyl (C=O) groups is 1. The third kappa shape index (κ3) is 6.19. The van der Waals surface area contributed by atoms with Gasteiger partial charge in [-0.25, -0.2) is 14.4 Å². The second kappa shape index (κ2) is 11.1. The van der Waals surface area contributed by atoms with Gasteiger partial charge in [-0.15, -0.1) is 11.3 Å². The maximum atomic E-state index is 13.6. The summed E-state index contributed by atoms with van der Waals surface area (Å²) in [6, 6.07) is 0. The Kier molecular flexibility index (Phi) is 8.27. The van der Waals surface area contributed by atoms with Crippen molar-refractivity contribution in [3.05, 3.63) is 52.7 Å². The van der Waals surface area contributed by atoms with Gasteiger partial charge in [0.25, 0.3) is 5.91 Å². The van der Waals surface area contributed by atoms with E-state index in [9.17, 15) is 9.18 Å². The molecular weight excluding hydrogens is 417 g/mol. The summed E-state index contributed by atoms with van der Waals surface area (Å²) in [4.78, 5) is 26.1. The number of morpholine rings is 1. The van der Waals surface area contributed by atoms with Crippen molar-refractivity contribution in [2.45, 2.75) is 33.2 Å². The molecule has 9 heteroatoms. The first-order chi connectivity index (χ1) is 15.0. The highest BCUT2D eigenvalue weighted by Gasteiger charge is 2.21. The summed E-state index contributed by atoms with van der Waals surface area (Å²) in [6.07, 6.45) is 8.28. The van der Waals surface area contributed by atoms with Gasteiger partial charge in [0.05, 0.1) is 25.5 Å². The van der Waals surface area contributed by atoms with Gasteiger partial charge in [0.15, 0.2) is 0 Å². The Bertz CT molecular complexity index is 986. The molecule has 0 radical (unpaired) electrons. The van der Waals surface area contributed by atoms with E-state index in [1.807, 2.05) is 6.08 Å². The number of allylic oxidation sites excluding steroid dienone is 6. The number of ether oxygens (including phenoxy) is 1. The van der Waals surface area contributed by atoms with Crippen molar-refractivity contribution in [1.82, 2.24) is 19.9 Å². The number of thiazole rings is 1. The highest BCUT2D eigenvalue weighted by Crippen LogP contribution is 2.32. The van der Waals surface area contributed by atoms with E-state index in [0.717, 1.165) is 24.5 Å². The standard InChI is InChI=1S/C19H20FN5O2S.C3H8/c20-13-3-1-2-12(4-5-13)16-17(19-22-14(11-28-19)18(21)26)24-15(23-16)10-25-6-8-27-9-7-25;1-3-2/h1-2,4-5,11H,3,6-10H2,(H2,21,26)(H,23,24);3H2,1-2H3. The zero-order valence-corrected chi connectivity index (χ0v) is 18.7. The summed E-state index contributed by atoms with van der Waals surface area (Å²) in [5.41, 5.74) is 7.71. The van der Waals surface area contributed by atoms with E-state index in [0.29, 0.717) is 36.2 Å². The predicted molar refractivity (Wildman–Crippen MR) is 121 cm³/mol. The van der Waals surface area contributed by atoms with Crippen LogP contribution in [0.15, 0.2) is 35.5 Å². The molecular formula is C22H28FN5O2S. The second-order valence-corrected chi connectivity index (χ2v) is 8.11. The third-order valence-electron chi connectivity index (χ3n) is 4.53. The summed E-state index contributed by atoms with van der Waals surface area (Å²) in [6.45, 7) is 7.97. The molecule has 166 valence electrons. The average Bonchev–Trinajstić information content (AvgIpc) is 3.34. The monoisotopic (exact) mass is 445 g/mol. The number of nitrogens with one attached hydrogen (secondary N) is 1. The van der Waals surface area contributed by atoms with Crippen LogP contribution in [0.4, 0.5) is 4.39 Å². The van der Waals surface area contributed by atoms with Gasteiger partial charge in [-0.1, -0.05) is 38.5 Å². The zero-order valence-electron chi connectivity index (χ0n) is 17.9. The topological polar surface area (TPSA) is 97.1 Å². The predicted octanol–water partition coefficient (Wildman–Crippen LogP) is 4.08. The van der Waals surface area contributed by atoms with E-state index in [1.54, 1.807) is 17.5 Å². The van der Waals surface area contributed by atoms with Crippen LogP contribution in [-0.4, -0.2) is 52.1 Å². The molecule has 2 aliphatic rings. The maximum Gasteiger partial charge on any atom is 0.268 e. The minimum atomic E-state index is -0.573. The number of amides is 1. The molecule has 1 amide bonds. The molecule has 0 aromatic carbocycles. The Morgan fingerprint density at radius 2 is 2.03 bits per heavy atom. The molecule has 0 saturated carbocycles. The van der Waals surface area contributed by atoms with E-state index in [-0.39, 0.29) is 17.9 Å². The Morgan fingerprint density at radius 3 is 2.71 bits per heavy atom. The van der Waals surface area contributed by atoms with Crippen molar-refractivity contribution in [1.29, 1.82) is 0 Å².